The maximum atomic E-state index is 12.8. The summed E-state index contributed by atoms with van der Waals surface area (Å²) in [5.74, 6) is -1.39. The van der Waals surface area contributed by atoms with Crippen molar-refractivity contribution in [2.24, 2.45) is 0 Å². The molecule has 0 aliphatic heterocycles. The summed E-state index contributed by atoms with van der Waals surface area (Å²) in [4.78, 5) is 42.7. The number of hydrogen-bond acceptors (Lipinski definition) is 5. The van der Waals surface area contributed by atoms with Gasteiger partial charge in [0.25, 0.3) is 5.56 Å². The zero-order valence-corrected chi connectivity index (χ0v) is 16.3. The number of fused-ring (bicyclic) bond motifs is 3. The van der Waals surface area contributed by atoms with Crippen LogP contribution >= 0.6 is 11.3 Å². The van der Waals surface area contributed by atoms with E-state index in [1.807, 2.05) is 6.92 Å². The first-order valence-electron chi connectivity index (χ1n) is 9.53. The minimum Gasteiger partial charge on any atom is -0.480 e. The minimum atomic E-state index is -1.03. The van der Waals surface area contributed by atoms with E-state index < -0.39 is 12.0 Å². The Labute approximate surface area is 161 Å². The number of hydrogen-bond donors (Lipinski definition) is 2. The van der Waals surface area contributed by atoms with Crippen LogP contribution in [0.15, 0.2) is 11.1 Å². The first kappa shape index (κ1) is 19.5. The van der Waals surface area contributed by atoms with Crippen molar-refractivity contribution in [3.63, 3.8) is 0 Å². The number of aryl methyl sites for hydroxylation is 3. The first-order chi connectivity index (χ1) is 13.0. The number of carbonyl (C=O) groups is 2. The van der Waals surface area contributed by atoms with Crippen molar-refractivity contribution in [2.45, 2.75) is 70.9 Å². The Hall–Kier alpha value is -2.22. The Bertz CT molecular complexity index is 902. The Morgan fingerprint density at radius 1 is 1.37 bits per heavy atom. The molecule has 0 bridgehead atoms. The van der Waals surface area contributed by atoms with E-state index in [2.05, 4.69) is 10.3 Å². The summed E-state index contributed by atoms with van der Waals surface area (Å²) in [6.45, 7) is 2.16. The summed E-state index contributed by atoms with van der Waals surface area (Å²) in [6.07, 6.45) is 7.71. The minimum absolute atomic E-state index is 0.0509. The Balaban J connectivity index is 1.70. The zero-order valence-electron chi connectivity index (χ0n) is 15.5. The standard InChI is InChI=1S/C19H25N3O4S/c1-2-3-7-13(19(25)26)21-15(23)9-10-22-11-20-17-16(18(22)24)12-6-4-5-8-14(12)27-17/h11,13H,2-10H2,1H3,(H,21,23)(H,25,26)/t13-/m0/s1. The van der Waals surface area contributed by atoms with E-state index in [4.69, 9.17) is 0 Å². The quantitative estimate of drug-likeness (QED) is 0.720. The number of aliphatic carboxylic acids is 1. The SMILES string of the molecule is CCCC[C@H](NC(=O)CCn1cnc2sc3c(c2c1=O)CCCC3)C(=O)O. The van der Waals surface area contributed by atoms with Crippen molar-refractivity contribution in [1.82, 2.24) is 14.9 Å². The van der Waals surface area contributed by atoms with Crippen LogP contribution in [0.25, 0.3) is 10.2 Å². The number of nitrogens with one attached hydrogen (secondary N) is 1. The van der Waals surface area contributed by atoms with E-state index in [0.717, 1.165) is 48.9 Å². The number of carboxylic acid groups (broad SMARTS) is 1. The van der Waals surface area contributed by atoms with E-state index >= 15 is 0 Å². The van der Waals surface area contributed by atoms with Crippen LogP contribution in [0.2, 0.25) is 0 Å². The number of carboxylic acids is 1. The molecule has 1 aliphatic rings. The lowest BCUT2D eigenvalue weighted by Crippen LogP contribution is -2.41. The average Bonchev–Trinajstić information content (AvgIpc) is 3.03. The zero-order chi connectivity index (χ0) is 19.4. The lowest BCUT2D eigenvalue weighted by molar-refractivity contribution is -0.142. The molecule has 2 aromatic rings. The number of aromatic nitrogens is 2. The molecule has 3 rings (SSSR count). The number of thiophene rings is 1. The van der Waals surface area contributed by atoms with Crippen LogP contribution in [-0.2, 0) is 29.0 Å². The Kier molecular flexibility index (Phi) is 6.26. The fraction of sp³-hybridized carbons (Fsp3) is 0.579. The highest BCUT2D eigenvalue weighted by molar-refractivity contribution is 7.18. The third kappa shape index (κ3) is 4.37. The first-order valence-corrected chi connectivity index (χ1v) is 10.3. The highest BCUT2D eigenvalue weighted by Crippen LogP contribution is 2.33. The van der Waals surface area contributed by atoms with Crippen molar-refractivity contribution in [3.8, 4) is 0 Å². The number of amides is 1. The van der Waals surface area contributed by atoms with Crippen molar-refractivity contribution >= 4 is 33.4 Å². The molecule has 0 saturated heterocycles. The van der Waals surface area contributed by atoms with Gasteiger partial charge >= 0.3 is 5.97 Å². The lowest BCUT2D eigenvalue weighted by atomic mass is 9.97. The molecule has 8 heteroatoms. The second-order valence-electron chi connectivity index (χ2n) is 6.98. The summed E-state index contributed by atoms with van der Waals surface area (Å²) in [6, 6.07) is -0.876. The number of unbranched alkanes of at least 4 members (excludes halogenated alkanes) is 1. The molecule has 7 nitrogen and oxygen atoms in total. The lowest BCUT2D eigenvalue weighted by Gasteiger charge is -2.14. The molecule has 0 saturated carbocycles. The molecule has 0 fully saturated rings. The van der Waals surface area contributed by atoms with Crippen LogP contribution in [-0.4, -0.2) is 32.6 Å². The molecule has 1 atom stereocenters. The highest BCUT2D eigenvalue weighted by Gasteiger charge is 2.21. The van der Waals surface area contributed by atoms with Crippen molar-refractivity contribution in [2.75, 3.05) is 0 Å². The predicted octanol–water partition coefficient (Wildman–Crippen LogP) is 2.49. The van der Waals surface area contributed by atoms with Gasteiger partial charge in [0.15, 0.2) is 0 Å². The van der Waals surface area contributed by atoms with Gasteiger partial charge in [-0.3, -0.25) is 14.2 Å². The predicted molar refractivity (Wildman–Crippen MR) is 104 cm³/mol. The van der Waals surface area contributed by atoms with Gasteiger partial charge in [-0.2, -0.15) is 0 Å². The monoisotopic (exact) mass is 391 g/mol. The van der Waals surface area contributed by atoms with Gasteiger partial charge in [0.1, 0.15) is 10.9 Å². The molecule has 1 amide bonds. The van der Waals surface area contributed by atoms with Gasteiger partial charge in [-0.25, -0.2) is 9.78 Å². The highest BCUT2D eigenvalue weighted by atomic mass is 32.1. The van der Waals surface area contributed by atoms with Crippen LogP contribution in [0.1, 0.15) is 55.9 Å². The summed E-state index contributed by atoms with van der Waals surface area (Å²) in [7, 11) is 0. The van der Waals surface area contributed by atoms with Crippen LogP contribution in [0.5, 0.6) is 0 Å². The summed E-state index contributed by atoms with van der Waals surface area (Å²) in [5, 5.41) is 12.5. The smallest absolute Gasteiger partial charge is 0.326 e. The van der Waals surface area contributed by atoms with Crippen LogP contribution < -0.4 is 10.9 Å². The molecule has 2 N–H and O–H groups in total. The maximum Gasteiger partial charge on any atom is 0.326 e. The van der Waals surface area contributed by atoms with Gasteiger partial charge in [0, 0.05) is 17.8 Å². The molecule has 0 spiro atoms. The molecule has 27 heavy (non-hydrogen) atoms. The van der Waals surface area contributed by atoms with Gasteiger partial charge in [-0.05, 0) is 37.7 Å². The Morgan fingerprint density at radius 3 is 2.89 bits per heavy atom. The largest absolute Gasteiger partial charge is 0.480 e. The molecule has 146 valence electrons. The van der Waals surface area contributed by atoms with Gasteiger partial charge in [0.05, 0.1) is 11.7 Å². The topological polar surface area (TPSA) is 101 Å². The summed E-state index contributed by atoms with van der Waals surface area (Å²) < 4.78 is 1.46. The molecule has 0 aromatic carbocycles. The average molecular weight is 391 g/mol. The fourth-order valence-electron chi connectivity index (χ4n) is 3.49. The molecule has 0 radical (unpaired) electrons. The van der Waals surface area contributed by atoms with Gasteiger partial charge in [-0.1, -0.05) is 19.8 Å². The van der Waals surface area contributed by atoms with E-state index in [-0.39, 0.29) is 24.4 Å². The second-order valence-corrected chi connectivity index (χ2v) is 8.07. The van der Waals surface area contributed by atoms with Gasteiger partial charge in [-0.15, -0.1) is 11.3 Å². The molecule has 2 aromatic heterocycles. The molecular weight excluding hydrogens is 366 g/mol. The second kappa shape index (κ2) is 8.65. The number of carbonyl (C=O) groups excluding carboxylic acids is 1. The van der Waals surface area contributed by atoms with Crippen molar-refractivity contribution in [3.05, 3.63) is 27.1 Å². The molecule has 2 heterocycles. The number of nitrogens with zero attached hydrogens (tertiary/aromatic N) is 2. The van der Waals surface area contributed by atoms with Crippen LogP contribution in [0.4, 0.5) is 0 Å². The molecule has 1 aliphatic carbocycles. The van der Waals surface area contributed by atoms with Gasteiger partial charge < -0.3 is 10.4 Å². The van der Waals surface area contributed by atoms with Gasteiger partial charge in [0.2, 0.25) is 5.91 Å². The molecular formula is C19H25N3O4S. The van der Waals surface area contributed by atoms with E-state index in [9.17, 15) is 19.5 Å². The maximum absolute atomic E-state index is 12.8. The third-order valence-electron chi connectivity index (χ3n) is 5.00. The normalized spacial score (nSPS) is 14.7. The summed E-state index contributed by atoms with van der Waals surface area (Å²) in [5.41, 5.74) is 1.02. The Morgan fingerprint density at radius 2 is 2.15 bits per heavy atom. The molecule has 0 unspecified atom stereocenters. The van der Waals surface area contributed by atoms with Crippen molar-refractivity contribution in [1.29, 1.82) is 0 Å². The van der Waals surface area contributed by atoms with E-state index in [1.165, 1.54) is 15.8 Å². The van der Waals surface area contributed by atoms with E-state index in [0.29, 0.717) is 11.8 Å². The fourth-order valence-corrected chi connectivity index (χ4v) is 4.71. The third-order valence-corrected chi connectivity index (χ3v) is 6.20. The van der Waals surface area contributed by atoms with Crippen LogP contribution in [0, 0.1) is 0 Å². The number of rotatable bonds is 8. The van der Waals surface area contributed by atoms with Crippen molar-refractivity contribution < 1.29 is 14.7 Å². The summed E-state index contributed by atoms with van der Waals surface area (Å²) >= 11 is 1.60. The van der Waals surface area contributed by atoms with E-state index in [1.54, 1.807) is 11.3 Å². The van der Waals surface area contributed by atoms with Crippen LogP contribution in [0.3, 0.4) is 0 Å².